The summed E-state index contributed by atoms with van der Waals surface area (Å²) in [7, 11) is 0. The predicted octanol–water partition coefficient (Wildman–Crippen LogP) is 2.50. The fourth-order valence-electron chi connectivity index (χ4n) is 1.69. The lowest BCUT2D eigenvalue weighted by Crippen LogP contribution is -1.99. The molecule has 2 heterocycles. The molecule has 0 aliphatic carbocycles. The van der Waals surface area contributed by atoms with Crippen LogP contribution >= 0.6 is 0 Å². The Labute approximate surface area is 101 Å². The highest BCUT2D eigenvalue weighted by Crippen LogP contribution is 2.17. The van der Waals surface area contributed by atoms with E-state index in [9.17, 15) is 0 Å². The Morgan fingerprint density at radius 2 is 1.88 bits per heavy atom. The number of nitrogens with zero attached hydrogens (tertiary/aromatic N) is 4. The molecule has 17 heavy (non-hydrogen) atoms. The molecule has 0 fully saturated rings. The molecule has 0 saturated heterocycles. The van der Waals surface area contributed by atoms with E-state index in [0.717, 1.165) is 41.3 Å². The fourth-order valence-corrected chi connectivity index (χ4v) is 1.69. The standard InChI is InChI=1S/C13H16N4/c1-4-5-11-7-14-8-12(17-11)13-9(2)6-15-10(3)16-13/h6-8H,4-5H2,1-3H3. The van der Waals surface area contributed by atoms with Crippen LogP contribution in [0.5, 0.6) is 0 Å². The summed E-state index contributed by atoms with van der Waals surface area (Å²) in [6.45, 7) is 6.00. The third kappa shape index (κ3) is 2.64. The van der Waals surface area contributed by atoms with Crippen molar-refractivity contribution in [3.63, 3.8) is 0 Å². The van der Waals surface area contributed by atoms with Crippen molar-refractivity contribution in [1.82, 2.24) is 19.9 Å². The number of rotatable bonds is 3. The summed E-state index contributed by atoms with van der Waals surface area (Å²) < 4.78 is 0. The van der Waals surface area contributed by atoms with E-state index in [-0.39, 0.29) is 0 Å². The van der Waals surface area contributed by atoms with E-state index in [1.165, 1.54) is 0 Å². The molecule has 2 rings (SSSR count). The molecular formula is C13H16N4. The average Bonchev–Trinajstić information content (AvgIpc) is 2.33. The molecule has 88 valence electrons. The minimum atomic E-state index is 0.758. The number of aryl methyl sites for hydroxylation is 3. The first-order chi connectivity index (χ1) is 8.20. The van der Waals surface area contributed by atoms with Crippen molar-refractivity contribution in [2.24, 2.45) is 0 Å². The number of hydrogen-bond acceptors (Lipinski definition) is 4. The van der Waals surface area contributed by atoms with E-state index in [1.807, 2.05) is 26.2 Å². The monoisotopic (exact) mass is 228 g/mol. The molecule has 4 nitrogen and oxygen atoms in total. The maximum Gasteiger partial charge on any atom is 0.125 e. The van der Waals surface area contributed by atoms with Crippen LogP contribution in [0.3, 0.4) is 0 Å². The van der Waals surface area contributed by atoms with Crippen LogP contribution < -0.4 is 0 Å². The topological polar surface area (TPSA) is 51.6 Å². The third-order valence-electron chi connectivity index (χ3n) is 2.53. The highest BCUT2D eigenvalue weighted by molar-refractivity contribution is 5.56. The van der Waals surface area contributed by atoms with Gasteiger partial charge in [0.2, 0.25) is 0 Å². The maximum absolute atomic E-state index is 4.58. The molecule has 0 spiro atoms. The largest absolute Gasteiger partial charge is 0.260 e. The molecule has 4 heteroatoms. The van der Waals surface area contributed by atoms with Gasteiger partial charge in [0.15, 0.2) is 0 Å². The molecule has 0 aliphatic rings. The van der Waals surface area contributed by atoms with Gasteiger partial charge in [0.05, 0.1) is 17.6 Å². The SMILES string of the molecule is CCCc1cncc(-c2nc(C)ncc2C)n1. The van der Waals surface area contributed by atoms with Gasteiger partial charge in [0.25, 0.3) is 0 Å². The van der Waals surface area contributed by atoms with E-state index in [0.29, 0.717) is 0 Å². The summed E-state index contributed by atoms with van der Waals surface area (Å²) in [5.74, 6) is 0.758. The first kappa shape index (κ1) is 11.6. The highest BCUT2D eigenvalue weighted by atomic mass is 14.9. The maximum atomic E-state index is 4.58. The van der Waals surface area contributed by atoms with Crippen molar-refractivity contribution in [2.75, 3.05) is 0 Å². The third-order valence-corrected chi connectivity index (χ3v) is 2.53. The Morgan fingerprint density at radius 1 is 1.06 bits per heavy atom. The molecule has 0 amide bonds. The van der Waals surface area contributed by atoms with Crippen LogP contribution in [-0.2, 0) is 6.42 Å². The van der Waals surface area contributed by atoms with Gasteiger partial charge in [-0.2, -0.15) is 0 Å². The lowest BCUT2D eigenvalue weighted by molar-refractivity contribution is 0.870. The Hall–Kier alpha value is -1.84. The second kappa shape index (κ2) is 4.99. The van der Waals surface area contributed by atoms with Crippen LogP contribution in [0.4, 0.5) is 0 Å². The summed E-state index contributed by atoms with van der Waals surface area (Å²) in [6.07, 6.45) is 7.42. The molecule has 0 unspecified atom stereocenters. The smallest absolute Gasteiger partial charge is 0.125 e. The lowest BCUT2D eigenvalue weighted by atomic mass is 10.2. The van der Waals surface area contributed by atoms with Crippen molar-refractivity contribution in [3.05, 3.63) is 35.7 Å². The molecule has 0 aliphatic heterocycles. The van der Waals surface area contributed by atoms with Gasteiger partial charge in [-0.05, 0) is 25.8 Å². The second-order valence-electron chi connectivity index (χ2n) is 4.09. The first-order valence-corrected chi connectivity index (χ1v) is 5.82. The van der Waals surface area contributed by atoms with E-state index in [1.54, 1.807) is 6.20 Å². The average molecular weight is 228 g/mol. The lowest BCUT2D eigenvalue weighted by Gasteiger charge is -2.06. The van der Waals surface area contributed by atoms with Crippen molar-refractivity contribution in [2.45, 2.75) is 33.6 Å². The summed E-state index contributed by atoms with van der Waals surface area (Å²) >= 11 is 0. The molecule has 2 aromatic rings. The van der Waals surface area contributed by atoms with Gasteiger partial charge in [-0.1, -0.05) is 13.3 Å². The predicted molar refractivity (Wildman–Crippen MR) is 66.5 cm³/mol. The summed E-state index contributed by atoms with van der Waals surface area (Å²) in [5.41, 5.74) is 3.75. The van der Waals surface area contributed by atoms with Crippen LogP contribution in [0.1, 0.15) is 30.4 Å². The Bertz CT molecular complexity index is 523. The molecule has 0 aromatic carbocycles. The van der Waals surface area contributed by atoms with Gasteiger partial charge < -0.3 is 0 Å². The number of hydrogen-bond donors (Lipinski definition) is 0. The van der Waals surface area contributed by atoms with Gasteiger partial charge in [0, 0.05) is 12.4 Å². The fraction of sp³-hybridized carbons (Fsp3) is 0.385. The Balaban J connectivity index is 2.45. The van der Waals surface area contributed by atoms with Crippen LogP contribution in [0.25, 0.3) is 11.4 Å². The van der Waals surface area contributed by atoms with Crippen LogP contribution in [0.2, 0.25) is 0 Å². The zero-order valence-corrected chi connectivity index (χ0v) is 10.4. The summed E-state index contributed by atoms with van der Waals surface area (Å²) in [4.78, 5) is 17.4. The van der Waals surface area contributed by atoms with Gasteiger partial charge in [-0.15, -0.1) is 0 Å². The molecule has 0 N–H and O–H groups in total. The van der Waals surface area contributed by atoms with Crippen molar-refractivity contribution in [1.29, 1.82) is 0 Å². The van der Waals surface area contributed by atoms with E-state index >= 15 is 0 Å². The zero-order valence-electron chi connectivity index (χ0n) is 10.4. The minimum Gasteiger partial charge on any atom is -0.260 e. The highest BCUT2D eigenvalue weighted by Gasteiger charge is 2.07. The first-order valence-electron chi connectivity index (χ1n) is 5.82. The Morgan fingerprint density at radius 3 is 2.65 bits per heavy atom. The second-order valence-corrected chi connectivity index (χ2v) is 4.09. The van der Waals surface area contributed by atoms with E-state index in [2.05, 4.69) is 26.9 Å². The van der Waals surface area contributed by atoms with Crippen molar-refractivity contribution in [3.8, 4) is 11.4 Å². The molecule has 0 saturated carbocycles. The molecule has 0 bridgehead atoms. The molecular weight excluding hydrogens is 212 g/mol. The van der Waals surface area contributed by atoms with Crippen LogP contribution in [-0.4, -0.2) is 19.9 Å². The van der Waals surface area contributed by atoms with Crippen LogP contribution in [0.15, 0.2) is 18.6 Å². The molecule has 0 radical (unpaired) electrons. The quantitative estimate of drug-likeness (QED) is 0.810. The van der Waals surface area contributed by atoms with E-state index < -0.39 is 0 Å². The minimum absolute atomic E-state index is 0.758. The van der Waals surface area contributed by atoms with Crippen molar-refractivity contribution >= 4 is 0 Å². The van der Waals surface area contributed by atoms with Gasteiger partial charge >= 0.3 is 0 Å². The summed E-state index contributed by atoms with van der Waals surface area (Å²) in [5, 5.41) is 0. The number of aromatic nitrogens is 4. The van der Waals surface area contributed by atoms with E-state index in [4.69, 9.17) is 0 Å². The normalized spacial score (nSPS) is 10.5. The van der Waals surface area contributed by atoms with Crippen LogP contribution in [0, 0.1) is 13.8 Å². The zero-order chi connectivity index (χ0) is 12.3. The molecule has 2 aromatic heterocycles. The van der Waals surface area contributed by atoms with Crippen molar-refractivity contribution < 1.29 is 0 Å². The van der Waals surface area contributed by atoms with Gasteiger partial charge in [-0.25, -0.2) is 15.0 Å². The summed E-state index contributed by atoms with van der Waals surface area (Å²) in [6, 6.07) is 0. The van der Waals surface area contributed by atoms with Gasteiger partial charge in [-0.3, -0.25) is 4.98 Å². The molecule has 0 atom stereocenters. The van der Waals surface area contributed by atoms with Gasteiger partial charge in [0.1, 0.15) is 11.5 Å². The Kier molecular flexibility index (Phi) is 3.42.